The molecule has 5 unspecified atom stereocenters. The SMILES string of the molecule is O=C1CC(CN2CC3CC(C2)C2CCCC(=O)N2C3)NC2SCCN12. The second kappa shape index (κ2) is 6.43. The van der Waals surface area contributed by atoms with E-state index in [9.17, 15) is 9.59 Å². The fraction of sp³-hybridized carbons (Fsp3) is 0.889. The maximum absolute atomic E-state index is 12.4. The Morgan fingerprint density at radius 2 is 2.04 bits per heavy atom. The average Bonchev–Trinajstić information content (AvgIpc) is 3.05. The monoisotopic (exact) mass is 364 g/mol. The van der Waals surface area contributed by atoms with Crippen molar-refractivity contribution in [1.82, 2.24) is 20.0 Å². The fourth-order valence-corrected chi connectivity index (χ4v) is 6.96. The summed E-state index contributed by atoms with van der Waals surface area (Å²) >= 11 is 1.86. The second-order valence-corrected chi connectivity index (χ2v) is 9.65. The van der Waals surface area contributed by atoms with E-state index in [0.717, 1.165) is 51.3 Å². The van der Waals surface area contributed by atoms with Gasteiger partial charge in [-0.25, -0.2) is 0 Å². The summed E-state index contributed by atoms with van der Waals surface area (Å²) in [5.74, 6) is 3.01. The van der Waals surface area contributed by atoms with Crippen molar-refractivity contribution in [2.45, 2.75) is 49.7 Å². The molecule has 0 aromatic heterocycles. The predicted molar refractivity (Wildman–Crippen MR) is 96.9 cm³/mol. The van der Waals surface area contributed by atoms with Crippen LogP contribution in [-0.2, 0) is 9.59 Å². The molecule has 0 radical (unpaired) electrons. The maximum atomic E-state index is 12.4. The van der Waals surface area contributed by atoms with Gasteiger partial charge in [0.15, 0.2) is 0 Å². The van der Waals surface area contributed by atoms with Gasteiger partial charge in [0.2, 0.25) is 11.8 Å². The van der Waals surface area contributed by atoms with Gasteiger partial charge in [-0.1, -0.05) is 0 Å². The summed E-state index contributed by atoms with van der Waals surface area (Å²) in [6.07, 6.45) is 4.92. The molecule has 5 atom stereocenters. The molecular formula is C18H28N4O2S. The van der Waals surface area contributed by atoms with Crippen molar-refractivity contribution in [1.29, 1.82) is 0 Å². The molecule has 2 amide bonds. The van der Waals surface area contributed by atoms with Crippen LogP contribution in [0.25, 0.3) is 0 Å². The van der Waals surface area contributed by atoms with E-state index in [1.165, 1.54) is 12.8 Å². The van der Waals surface area contributed by atoms with Crippen LogP contribution in [0.15, 0.2) is 0 Å². The van der Waals surface area contributed by atoms with Gasteiger partial charge in [-0.2, -0.15) is 0 Å². The van der Waals surface area contributed by atoms with Crippen LogP contribution in [0.4, 0.5) is 0 Å². The van der Waals surface area contributed by atoms with Crippen LogP contribution in [0.1, 0.15) is 32.1 Å². The molecular weight excluding hydrogens is 336 g/mol. The van der Waals surface area contributed by atoms with Crippen molar-refractivity contribution in [3.63, 3.8) is 0 Å². The Morgan fingerprint density at radius 1 is 1.12 bits per heavy atom. The van der Waals surface area contributed by atoms with Gasteiger partial charge in [0, 0.05) is 63.4 Å². The Bertz CT molecular complexity index is 573. The molecule has 0 spiro atoms. The lowest BCUT2D eigenvalue weighted by Gasteiger charge is -2.53. The van der Waals surface area contributed by atoms with Crippen LogP contribution in [-0.4, -0.2) is 82.6 Å². The molecule has 5 rings (SSSR count). The first-order chi connectivity index (χ1) is 12.2. The van der Waals surface area contributed by atoms with Gasteiger partial charge in [-0.05, 0) is 31.1 Å². The highest BCUT2D eigenvalue weighted by Gasteiger charge is 2.45. The molecule has 1 N–H and O–H groups in total. The smallest absolute Gasteiger partial charge is 0.226 e. The number of nitrogens with zero attached hydrogens (tertiary/aromatic N) is 3. The Labute approximate surface area is 153 Å². The summed E-state index contributed by atoms with van der Waals surface area (Å²) < 4.78 is 0. The maximum Gasteiger partial charge on any atom is 0.226 e. The van der Waals surface area contributed by atoms with Crippen LogP contribution < -0.4 is 5.32 Å². The van der Waals surface area contributed by atoms with Gasteiger partial charge < -0.3 is 14.7 Å². The minimum Gasteiger partial charge on any atom is -0.339 e. The van der Waals surface area contributed by atoms with Gasteiger partial charge in [-0.3, -0.25) is 14.9 Å². The van der Waals surface area contributed by atoms with Crippen molar-refractivity contribution in [2.75, 3.05) is 38.5 Å². The van der Waals surface area contributed by atoms with E-state index in [1.54, 1.807) is 0 Å². The predicted octanol–water partition coefficient (Wildman–Crippen LogP) is 0.540. The highest BCUT2D eigenvalue weighted by atomic mass is 32.2. The molecule has 0 aliphatic carbocycles. The second-order valence-electron chi connectivity index (χ2n) is 8.46. The first kappa shape index (κ1) is 16.4. The van der Waals surface area contributed by atoms with Crippen LogP contribution >= 0.6 is 11.8 Å². The van der Waals surface area contributed by atoms with E-state index in [-0.39, 0.29) is 11.5 Å². The largest absolute Gasteiger partial charge is 0.339 e. The highest BCUT2D eigenvalue weighted by Crippen LogP contribution is 2.38. The van der Waals surface area contributed by atoms with Crippen molar-refractivity contribution in [3.05, 3.63) is 0 Å². The number of thioether (sulfide) groups is 1. The highest BCUT2D eigenvalue weighted by molar-refractivity contribution is 8.00. The van der Waals surface area contributed by atoms with Gasteiger partial charge in [-0.15, -0.1) is 11.8 Å². The lowest BCUT2D eigenvalue weighted by atomic mass is 9.76. The first-order valence-electron chi connectivity index (χ1n) is 9.86. The topological polar surface area (TPSA) is 55.9 Å². The number of piperidine rings is 3. The zero-order valence-corrected chi connectivity index (χ0v) is 15.5. The number of carbonyl (C=O) groups excluding carboxylic acids is 2. The number of hydrogen-bond donors (Lipinski definition) is 1. The summed E-state index contributed by atoms with van der Waals surface area (Å²) in [6, 6.07) is 0.754. The number of fused-ring (bicyclic) bond motifs is 5. The third kappa shape index (κ3) is 2.98. The summed E-state index contributed by atoms with van der Waals surface area (Å²) in [5, 5.41) is 3.68. The Hall–Kier alpha value is -0.790. The van der Waals surface area contributed by atoms with Gasteiger partial charge in [0.25, 0.3) is 0 Å². The van der Waals surface area contributed by atoms with Crippen molar-refractivity contribution >= 4 is 23.6 Å². The van der Waals surface area contributed by atoms with Crippen LogP contribution in [0, 0.1) is 11.8 Å². The summed E-state index contributed by atoms with van der Waals surface area (Å²) in [7, 11) is 0. The van der Waals surface area contributed by atoms with E-state index in [0.29, 0.717) is 36.1 Å². The molecule has 0 aromatic rings. The van der Waals surface area contributed by atoms with E-state index in [4.69, 9.17) is 0 Å². The minimum absolute atomic E-state index is 0.196. The fourth-order valence-electron chi connectivity index (χ4n) is 5.74. The number of amides is 2. The van der Waals surface area contributed by atoms with Crippen molar-refractivity contribution in [3.8, 4) is 0 Å². The third-order valence-electron chi connectivity index (χ3n) is 6.74. The zero-order chi connectivity index (χ0) is 17.0. The molecule has 0 aromatic carbocycles. The molecule has 7 heteroatoms. The Kier molecular flexibility index (Phi) is 4.21. The molecule has 5 aliphatic rings. The summed E-state index contributed by atoms with van der Waals surface area (Å²) in [4.78, 5) is 31.4. The molecule has 5 heterocycles. The first-order valence-corrected chi connectivity index (χ1v) is 10.9. The van der Waals surface area contributed by atoms with E-state index < -0.39 is 0 Å². The lowest BCUT2D eigenvalue weighted by molar-refractivity contribution is -0.145. The molecule has 2 bridgehead atoms. The van der Waals surface area contributed by atoms with Gasteiger partial charge in [0.05, 0.1) is 0 Å². The van der Waals surface area contributed by atoms with Crippen LogP contribution in [0.3, 0.4) is 0 Å². The van der Waals surface area contributed by atoms with Crippen LogP contribution in [0.2, 0.25) is 0 Å². The molecule has 6 nitrogen and oxygen atoms in total. The molecule has 138 valence electrons. The van der Waals surface area contributed by atoms with Gasteiger partial charge in [0.1, 0.15) is 5.50 Å². The van der Waals surface area contributed by atoms with E-state index in [1.807, 2.05) is 16.7 Å². The molecule has 5 fully saturated rings. The van der Waals surface area contributed by atoms with E-state index in [2.05, 4.69) is 15.1 Å². The molecule has 5 aliphatic heterocycles. The van der Waals surface area contributed by atoms with Crippen molar-refractivity contribution < 1.29 is 9.59 Å². The lowest BCUT2D eigenvalue weighted by Crippen LogP contribution is -2.63. The third-order valence-corrected chi connectivity index (χ3v) is 7.87. The Morgan fingerprint density at radius 3 is 2.96 bits per heavy atom. The normalized spacial score (nSPS) is 41.7. The number of rotatable bonds is 2. The number of carbonyl (C=O) groups is 2. The summed E-state index contributed by atoms with van der Waals surface area (Å²) in [5.41, 5.74) is 0.196. The molecule has 0 saturated carbocycles. The van der Waals surface area contributed by atoms with Crippen molar-refractivity contribution in [2.24, 2.45) is 11.8 Å². The zero-order valence-electron chi connectivity index (χ0n) is 14.7. The standard InChI is InChI=1S/C18H28N4O2S/c23-16-3-1-2-15-13-6-12(9-22(15)16)8-20(10-13)11-14-7-17(24)21-4-5-25-18(21)19-14/h12-15,18-19H,1-11H2. The average molecular weight is 365 g/mol. The quantitative estimate of drug-likeness (QED) is 0.775. The minimum atomic E-state index is 0.196. The van der Waals surface area contributed by atoms with Gasteiger partial charge >= 0.3 is 0 Å². The summed E-state index contributed by atoms with van der Waals surface area (Å²) in [6.45, 7) is 5.01. The number of nitrogens with one attached hydrogen (secondary N) is 1. The van der Waals surface area contributed by atoms with E-state index >= 15 is 0 Å². The van der Waals surface area contributed by atoms with Crippen LogP contribution in [0.5, 0.6) is 0 Å². The molecule has 5 saturated heterocycles. The number of likely N-dealkylation sites (tertiary alicyclic amines) is 1. The Balaban J connectivity index is 1.23. The molecule has 25 heavy (non-hydrogen) atoms. The number of hydrogen-bond acceptors (Lipinski definition) is 5.